The molecule has 3 aromatic rings. The van der Waals surface area contributed by atoms with E-state index in [1.54, 1.807) is 19.5 Å². The van der Waals surface area contributed by atoms with Crippen molar-refractivity contribution in [2.24, 2.45) is 0 Å². The fraction of sp³-hybridized carbons (Fsp3) is 0.0667. The van der Waals surface area contributed by atoms with Crippen LogP contribution < -0.4 is 4.74 Å². The fourth-order valence-electron chi connectivity index (χ4n) is 1.98. The number of imidazole rings is 1. The van der Waals surface area contributed by atoms with Gasteiger partial charge in [0.25, 0.3) is 0 Å². The van der Waals surface area contributed by atoms with E-state index >= 15 is 0 Å². The van der Waals surface area contributed by atoms with Crippen LogP contribution in [0.4, 0.5) is 0 Å². The molecule has 0 atom stereocenters. The first-order chi connectivity index (χ1) is 9.38. The van der Waals surface area contributed by atoms with Crippen molar-refractivity contribution >= 4 is 0 Å². The molecule has 1 aromatic carbocycles. The Hall–Kier alpha value is -2.62. The molecule has 0 aliphatic heterocycles. The highest BCUT2D eigenvalue weighted by atomic mass is 16.5. The third kappa shape index (κ3) is 2.20. The number of methoxy groups -OCH3 is 1. The molecule has 0 unspecified atom stereocenters. The Morgan fingerprint density at radius 1 is 1.05 bits per heavy atom. The molecule has 0 fully saturated rings. The summed E-state index contributed by atoms with van der Waals surface area (Å²) in [7, 11) is 1.67. The molecular formula is C15H13N3O. The quantitative estimate of drug-likeness (QED) is 0.778. The standard InChI is InChI=1S/C15H13N3O/c1-19-14-5-3-2-4-12(14)13-10-17-15(18-13)11-6-8-16-9-7-11/h2-10H,1H3,(H,17,18). The smallest absolute Gasteiger partial charge is 0.137 e. The summed E-state index contributed by atoms with van der Waals surface area (Å²) in [4.78, 5) is 11.7. The summed E-state index contributed by atoms with van der Waals surface area (Å²) in [5, 5.41) is 0. The molecule has 3 rings (SSSR count). The van der Waals surface area contributed by atoms with Crippen molar-refractivity contribution in [1.29, 1.82) is 0 Å². The van der Waals surface area contributed by atoms with Gasteiger partial charge in [0.15, 0.2) is 0 Å². The lowest BCUT2D eigenvalue weighted by atomic mass is 10.1. The zero-order valence-corrected chi connectivity index (χ0v) is 10.5. The van der Waals surface area contributed by atoms with Gasteiger partial charge in [0.05, 0.1) is 19.0 Å². The Kier molecular flexibility index (Phi) is 2.98. The Balaban J connectivity index is 2.02. The second kappa shape index (κ2) is 4.94. The van der Waals surface area contributed by atoms with E-state index in [0.29, 0.717) is 0 Å². The number of hydrogen-bond acceptors (Lipinski definition) is 3. The maximum Gasteiger partial charge on any atom is 0.137 e. The topological polar surface area (TPSA) is 50.8 Å². The van der Waals surface area contributed by atoms with Gasteiger partial charge in [0, 0.05) is 23.5 Å². The number of aromatic amines is 1. The number of rotatable bonds is 3. The van der Waals surface area contributed by atoms with E-state index in [-0.39, 0.29) is 0 Å². The van der Waals surface area contributed by atoms with Crippen molar-refractivity contribution in [3.63, 3.8) is 0 Å². The highest BCUT2D eigenvalue weighted by Gasteiger charge is 2.09. The van der Waals surface area contributed by atoms with Crippen LogP contribution in [0.2, 0.25) is 0 Å². The summed E-state index contributed by atoms with van der Waals surface area (Å²) < 4.78 is 5.36. The van der Waals surface area contributed by atoms with Crippen LogP contribution in [0.1, 0.15) is 0 Å². The van der Waals surface area contributed by atoms with Gasteiger partial charge in [-0.25, -0.2) is 4.98 Å². The van der Waals surface area contributed by atoms with Crippen LogP contribution in [0.5, 0.6) is 5.75 Å². The van der Waals surface area contributed by atoms with Gasteiger partial charge in [0.2, 0.25) is 0 Å². The third-order valence-corrected chi connectivity index (χ3v) is 2.93. The number of ether oxygens (including phenoxy) is 1. The zero-order valence-electron chi connectivity index (χ0n) is 10.5. The summed E-state index contributed by atoms with van der Waals surface area (Å²) in [6, 6.07) is 11.7. The van der Waals surface area contributed by atoms with E-state index in [2.05, 4.69) is 15.0 Å². The first-order valence-corrected chi connectivity index (χ1v) is 5.97. The lowest BCUT2D eigenvalue weighted by Gasteiger charge is -2.05. The van der Waals surface area contributed by atoms with Gasteiger partial charge < -0.3 is 9.72 Å². The van der Waals surface area contributed by atoms with Gasteiger partial charge in [-0.3, -0.25) is 4.98 Å². The molecule has 0 spiro atoms. The second-order valence-corrected chi connectivity index (χ2v) is 4.08. The van der Waals surface area contributed by atoms with Crippen molar-refractivity contribution in [1.82, 2.24) is 15.0 Å². The number of hydrogen-bond donors (Lipinski definition) is 1. The number of nitrogens with zero attached hydrogens (tertiary/aromatic N) is 2. The predicted octanol–water partition coefficient (Wildman–Crippen LogP) is 3.15. The predicted molar refractivity (Wildman–Crippen MR) is 73.8 cm³/mol. The van der Waals surface area contributed by atoms with Crippen molar-refractivity contribution in [3.8, 4) is 28.4 Å². The zero-order chi connectivity index (χ0) is 13.1. The van der Waals surface area contributed by atoms with Gasteiger partial charge >= 0.3 is 0 Å². The van der Waals surface area contributed by atoms with Crippen molar-refractivity contribution in [2.75, 3.05) is 7.11 Å². The molecule has 0 saturated carbocycles. The average Bonchev–Trinajstić information content (AvgIpc) is 2.98. The first kappa shape index (κ1) is 11.5. The molecule has 1 N–H and O–H groups in total. The van der Waals surface area contributed by atoms with Gasteiger partial charge in [-0.05, 0) is 24.3 Å². The normalized spacial score (nSPS) is 10.4. The van der Waals surface area contributed by atoms with Crippen LogP contribution in [0.15, 0.2) is 55.0 Å². The van der Waals surface area contributed by atoms with Gasteiger partial charge in [-0.1, -0.05) is 12.1 Å². The number of nitrogens with one attached hydrogen (secondary N) is 1. The number of aromatic nitrogens is 3. The summed E-state index contributed by atoms with van der Waals surface area (Å²) >= 11 is 0. The van der Waals surface area contributed by atoms with Crippen molar-refractivity contribution < 1.29 is 4.74 Å². The van der Waals surface area contributed by atoms with E-state index in [1.807, 2.05) is 42.6 Å². The highest BCUT2D eigenvalue weighted by Crippen LogP contribution is 2.29. The number of pyridine rings is 1. The van der Waals surface area contributed by atoms with Crippen molar-refractivity contribution in [3.05, 3.63) is 55.0 Å². The maximum atomic E-state index is 5.36. The average molecular weight is 251 g/mol. The Morgan fingerprint density at radius 3 is 2.63 bits per heavy atom. The van der Waals surface area contributed by atoms with Gasteiger partial charge in [-0.15, -0.1) is 0 Å². The molecule has 0 saturated heterocycles. The Labute approximate surface area is 111 Å². The van der Waals surface area contributed by atoms with Crippen LogP contribution in [0.3, 0.4) is 0 Å². The van der Waals surface area contributed by atoms with Crippen LogP contribution in [0, 0.1) is 0 Å². The molecule has 0 amide bonds. The summed E-state index contributed by atoms with van der Waals surface area (Å²) in [6.45, 7) is 0. The minimum absolute atomic E-state index is 0.823. The second-order valence-electron chi connectivity index (χ2n) is 4.08. The highest BCUT2D eigenvalue weighted by molar-refractivity contribution is 5.69. The monoisotopic (exact) mass is 251 g/mol. The Bertz CT molecular complexity index is 677. The largest absolute Gasteiger partial charge is 0.496 e. The summed E-state index contributed by atoms with van der Waals surface area (Å²) in [5.41, 5.74) is 2.94. The van der Waals surface area contributed by atoms with Gasteiger partial charge in [0.1, 0.15) is 11.6 Å². The van der Waals surface area contributed by atoms with E-state index in [0.717, 1.165) is 28.4 Å². The lowest BCUT2D eigenvalue weighted by Crippen LogP contribution is -1.87. The third-order valence-electron chi connectivity index (χ3n) is 2.93. The molecule has 0 bridgehead atoms. The summed E-state index contributed by atoms with van der Waals surface area (Å²) in [5.74, 6) is 1.65. The van der Waals surface area contributed by atoms with Crippen molar-refractivity contribution in [2.45, 2.75) is 0 Å². The van der Waals surface area contributed by atoms with E-state index in [9.17, 15) is 0 Å². The van der Waals surface area contributed by atoms with E-state index in [4.69, 9.17) is 4.74 Å². The molecule has 2 aromatic heterocycles. The first-order valence-electron chi connectivity index (χ1n) is 5.97. The Morgan fingerprint density at radius 2 is 1.84 bits per heavy atom. The van der Waals surface area contributed by atoms with Gasteiger partial charge in [-0.2, -0.15) is 0 Å². The van der Waals surface area contributed by atoms with Crippen LogP contribution in [0.25, 0.3) is 22.6 Å². The fourth-order valence-corrected chi connectivity index (χ4v) is 1.98. The number of para-hydroxylation sites is 1. The minimum atomic E-state index is 0.823. The van der Waals surface area contributed by atoms with E-state index in [1.165, 1.54) is 0 Å². The molecule has 0 radical (unpaired) electrons. The molecule has 0 aliphatic carbocycles. The number of H-pyrrole nitrogens is 1. The van der Waals surface area contributed by atoms with Crippen LogP contribution >= 0.6 is 0 Å². The van der Waals surface area contributed by atoms with Crippen LogP contribution in [-0.2, 0) is 0 Å². The van der Waals surface area contributed by atoms with E-state index < -0.39 is 0 Å². The lowest BCUT2D eigenvalue weighted by molar-refractivity contribution is 0.416. The molecular weight excluding hydrogens is 238 g/mol. The number of benzene rings is 1. The maximum absolute atomic E-state index is 5.36. The molecule has 4 heteroatoms. The summed E-state index contributed by atoms with van der Waals surface area (Å²) in [6.07, 6.45) is 5.31. The molecule has 4 nitrogen and oxygen atoms in total. The molecule has 0 aliphatic rings. The molecule has 2 heterocycles. The molecule has 94 valence electrons. The minimum Gasteiger partial charge on any atom is -0.496 e. The van der Waals surface area contributed by atoms with Crippen LogP contribution in [-0.4, -0.2) is 22.1 Å². The SMILES string of the molecule is COc1ccccc1-c1cnc(-c2ccncc2)[nH]1. The molecule has 19 heavy (non-hydrogen) atoms.